The van der Waals surface area contributed by atoms with E-state index in [1.807, 2.05) is 6.92 Å². The minimum atomic E-state index is -2.91. The van der Waals surface area contributed by atoms with E-state index < -0.39 is 6.61 Å². The second-order valence-electron chi connectivity index (χ2n) is 4.28. The summed E-state index contributed by atoms with van der Waals surface area (Å²) in [5.74, 6) is -0.385. The monoisotopic (exact) mass is 301 g/mol. The van der Waals surface area contributed by atoms with Crippen molar-refractivity contribution in [3.05, 3.63) is 29.8 Å². The molecular formula is C13H17F2N3O3. The lowest BCUT2D eigenvalue weighted by Gasteiger charge is -2.16. The third-order valence-corrected chi connectivity index (χ3v) is 2.75. The average molecular weight is 301 g/mol. The number of nitrogens with zero attached hydrogens (tertiary/aromatic N) is 1. The Hall–Kier alpha value is -2.38. The number of hydrogen-bond acceptors (Lipinski definition) is 4. The van der Waals surface area contributed by atoms with Gasteiger partial charge in [-0.3, -0.25) is 4.79 Å². The zero-order valence-corrected chi connectivity index (χ0v) is 11.4. The number of halogens is 2. The topological polar surface area (TPSA) is 96.9 Å². The number of ether oxygens (including phenoxy) is 1. The summed E-state index contributed by atoms with van der Waals surface area (Å²) >= 11 is 0. The molecule has 1 rings (SSSR count). The molecule has 116 valence electrons. The van der Waals surface area contributed by atoms with Crippen molar-refractivity contribution in [1.29, 1.82) is 0 Å². The van der Waals surface area contributed by atoms with Gasteiger partial charge in [0, 0.05) is 18.0 Å². The molecule has 4 N–H and O–H groups in total. The largest absolute Gasteiger partial charge is 0.435 e. The van der Waals surface area contributed by atoms with Crippen molar-refractivity contribution in [1.82, 2.24) is 5.32 Å². The van der Waals surface area contributed by atoms with Crippen LogP contribution in [0.5, 0.6) is 5.75 Å². The average Bonchev–Trinajstić information content (AvgIpc) is 2.46. The Balaban J connectivity index is 2.65. The van der Waals surface area contributed by atoms with Crippen LogP contribution in [0.15, 0.2) is 29.4 Å². The van der Waals surface area contributed by atoms with Crippen LogP contribution < -0.4 is 15.8 Å². The molecule has 1 atom stereocenters. The number of nitrogens with one attached hydrogen (secondary N) is 1. The van der Waals surface area contributed by atoms with E-state index in [0.717, 1.165) is 0 Å². The van der Waals surface area contributed by atoms with Crippen LogP contribution in [0.4, 0.5) is 8.78 Å². The van der Waals surface area contributed by atoms with Gasteiger partial charge < -0.3 is 21.0 Å². The molecule has 0 radical (unpaired) electrons. The molecule has 0 spiro atoms. The summed E-state index contributed by atoms with van der Waals surface area (Å²) in [4.78, 5) is 12.0. The van der Waals surface area contributed by atoms with Crippen molar-refractivity contribution in [2.24, 2.45) is 10.9 Å². The number of carbonyl (C=O) groups is 1. The normalized spacial score (nSPS) is 13.0. The van der Waals surface area contributed by atoms with Gasteiger partial charge in [0.15, 0.2) is 0 Å². The molecule has 0 bridgehead atoms. The zero-order valence-electron chi connectivity index (χ0n) is 11.4. The molecule has 0 aliphatic carbocycles. The number of oxime groups is 1. The molecule has 0 heterocycles. The van der Waals surface area contributed by atoms with Gasteiger partial charge in [-0.1, -0.05) is 12.1 Å². The minimum Gasteiger partial charge on any atom is -0.435 e. The summed E-state index contributed by atoms with van der Waals surface area (Å²) in [7, 11) is 0. The van der Waals surface area contributed by atoms with E-state index in [1.165, 1.54) is 24.3 Å². The molecule has 0 saturated carbocycles. The van der Waals surface area contributed by atoms with Crippen LogP contribution in [0.3, 0.4) is 0 Å². The number of carbonyl (C=O) groups excluding carboxylic acids is 1. The molecule has 6 nitrogen and oxygen atoms in total. The van der Waals surface area contributed by atoms with Crippen molar-refractivity contribution in [3.8, 4) is 5.75 Å². The molecular weight excluding hydrogens is 284 g/mol. The Morgan fingerprint density at radius 1 is 1.43 bits per heavy atom. The van der Waals surface area contributed by atoms with Crippen LogP contribution in [0.1, 0.15) is 30.1 Å². The van der Waals surface area contributed by atoms with E-state index >= 15 is 0 Å². The second-order valence-corrected chi connectivity index (χ2v) is 4.28. The predicted molar refractivity (Wildman–Crippen MR) is 72.6 cm³/mol. The Labute approximate surface area is 120 Å². The van der Waals surface area contributed by atoms with E-state index in [2.05, 4.69) is 15.2 Å². The summed E-state index contributed by atoms with van der Waals surface area (Å²) in [5.41, 5.74) is 5.69. The summed E-state index contributed by atoms with van der Waals surface area (Å²) in [6.45, 7) is -1.07. The summed E-state index contributed by atoms with van der Waals surface area (Å²) in [5, 5.41) is 14.1. The number of nitrogens with two attached hydrogens (primary N) is 1. The first-order chi connectivity index (χ1) is 9.96. The van der Waals surface area contributed by atoms with E-state index in [-0.39, 0.29) is 30.0 Å². The quantitative estimate of drug-likeness (QED) is 0.310. The zero-order chi connectivity index (χ0) is 15.8. The fourth-order valence-electron chi connectivity index (χ4n) is 1.65. The third kappa shape index (κ3) is 5.64. The Bertz CT molecular complexity index is 492. The van der Waals surface area contributed by atoms with Gasteiger partial charge in [-0.05, 0) is 30.7 Å². The summed E-state index contributed by atoms with van der Waals surface area (Å²) in [6.07, 6.45) is 0.805. The molecule has 0 aliphatic heterocycles. The lowest BCUT2D eigenvalue weighted by Crippen LogP contribution is -2.37. The SMILES string of the molecule is CCC(CC(N)=NO)NC(=O)c1ccc(OC(F)F)cc1. The van der Waals surface area contributed by atoms with Crippen LogP contribution in [-0.4, -0.2) is 29.6 Å². The van der Waals surface area contributed by atoms with Gasteiger partial charge in [0.05, 0.1) is 0 Å². The molecule has 1 aromatic carbocycles. The highest BCUT2D eigenvalue weighted by molar-refractivity contribution is 5.94. The predicted octanol–water partition coefficient (Wildman–Crippen LogP) is 1.93. The molecule has 1 aromatic rings. The van der Waals surface area contributed by atoms with Crippen molar-refractivity contribution in [2.45, 2.75) is 32.4 Å². The number of amidine groups is 1. The molecule has 1 amide bonds. The summed E-state index contributed by atoms with van der Waals surface area (Å²) < 4.78 is 28.2. The maximum absolute atomic E-state index is 12.0. The van der Waals surface area contributed by atoms with Crippen molar-refractivity contribution in [3.63, 3.8) is 0 Å². The second kappa shape index (κ2) is 8.03. The van der Waals surface area contributed by atoms with Crippen molar-refractivity contribution < 1.29 is 23.5 Å². The van der Waals surface area contributed by atoms with Crippen molar-refractivity contribution >= 4 is 11.7 Å². The van der Waals surface area contributed by atoms with E-state index in [9.17, 15) is 13.6 Å². The highest BCUT2D eigenvalue weighted by Gasteiger charge is 2.14. The van der Waals surface area contributed by atoms with E-state index in [1.54, 1.807) is 0 Å². The fourth-order valence-corrected chi connectivity index (χ4v) is 1.65. The molecule has 1 unspecified atom stereocenters. The van der Waals surface area contributed by atoms with Gasteiger partial charge in [0.25, 0.3) is 5.91 Å². The van der Waals surface area contributed by atoms with Crippen LogP contribution in [0, 0.1) is 0 Å². The Morgan fingerprint density at radius 2 is 2.05 bits per heavy atom. The molecule has 0 aromatic heterocycles. The lowest BCUT2D eigenvalue weighted by molar-refractivity contribution is -0.0498. The Morgan fingerprint density at radius 3 is 2.52 bits per heavy atom. The summed E-state index contributed by atoms with van der Waals surface area (Å²) in [6, 6.07) is 5.04. The first kappa shape index (κ1) is 16.7. The van der Waals surface area contributed by atoms with E-state index in [4.69, 9.17) is 10.9 Å². The van der Waals surface area contributed by atoms with Gasteiger partial charge in [-0.25, -0.2) is 0 Å². The minimum absolute atomic E-state index is 0.0165. The number of alkyl halides is 2. The van der Waals surface area contributed by atoms with Gasteiger partial charge in [0.2, 0.25) is 0 Å². The maximum atomic E-state index is 12.0. The Kier molecular flexibility index (Phi) is 6.38. The van der Waals surface area contributed by atoms with Crippen LogP contribution in [0.2, 0.25) is 0 Å². The molecule has 0 saturated heterocycles. The first-order valence-corrected chi connectivity index (χ1v) is 6.28. The molecule has 8 heteroatoms. The fraction of sp³-hybridized carbons (Fsp3) is 0.385. The highest BCUT2D eigenvalue weighted by Crippen LogP contribution is 2.15. The van der Waals surface area contributed by atoms with Crippen LogP contribution >= 0.6 is 0 Å². The van der Waals surface area contributed by atoms with E-state index in [0.29, 0.717) is 12.0 Å². The highest BCUT2D eigenvalue weighted by atomic mass is 19.3. The number of hydrogen-bond donors (Lipinski definition) is 3. The van der Waals surface area contributed by atoms with Gasteiger partial charge in [-0.15, -0.1) is 0 Å². The van der Waals surface area contributed by atoms with Crippen LogP contribution in [0.25, 0.3) is 0 Å². The molecule has 21 heavy (non-hydrogen) atoms. The third-order valence-electron chi connectivity index (χ3n) is 2.75. The standard InChI is InChI=1S/C13H17F2N3O3/c1-2-9(7-11(16)18-20)17-12(19)8-3-5-10(6-4-8)21-13(14)15/h3-6,9,13,20H,2,7H2,1H3,(H2,16,18)(H,17,19). The van der Waals surface area contributed by atoms with Crippen molar-refractivity contribution in [2.75, 3.05) is 0 Å². The number of amides is 1. The number of rotatable bonds is 7. The molecule has 0 fully saturated rings. The van der Waals surface area contributed by atoms with Crippen LogP contribution in [-0.2, 0) is 0 Å². The van der Waals surface area contributed by atoms with Gasteiger partial charge in [0.1, 0.15) is 11.6 Å². The lowest BCUT2D eigenvalue weighted by atomic mass is 10.1. The molecule has 0 aliphatic rings. The number of benzene rings is 1. The van der Waals surface area contributed by atoms with Gasteiger partial charge in [-0.2, -0.15) is 8.78 Å². The smallest absolute Gasteiger partial charge is 0.387 e. The van der Waals surface area contributed by atoms with Gasteiger partial charge >= 0.3 is 6.61 Å². The first-order valence-electron chi connectivity index (χ1n) is 6.28. The maximum Gasteiger partial charge on any atom is 0.387 e.